The van der Waals surface area contributed by atoms with E-state index >= 15 is 0 Å². The predicted molar refractivity (Wildman–Crippen MR) is 58.6 cm³/mol. The third-order valence-corrected chi connectivity index (χ3v) is 3.98. The van der Waals surface area contributed by atoms with Gasteiger partial charge in [0.2, 0.25) is 0 Å². The molecule has 0 aliphatic heterocycles. The molecule has 1 fully saturated rings. The second kappa shape index (κ2) is 4.05. The number of hydrogen-bond acceptors (Lipinski definition) is 3. The average Bonchev–Trinajstić information content (AvgIpc) is 2.88. The van der Waals surface area contributed by atoms with Crippen LogP contribution in [0.3, 0.4) is 0 Å². The molecule has 1 aromatic heterocycles. The first kappa shape index (κ1) is 9.59. The Morgan fingerprint density at radius 3 is 3.00 bits per heavy atom. The fourth-order valence-corrected chi connectivity index (χ4v) is 2.51. The van der Waals surface area contributed by atoms with Gasteiger partial charge in [0.25, 0.3) is 0 Å². The molecule has 2 rings (SSSR count). The molecule has 0 amide bonds. The number of aromatic nitrogens is 2. The third kappa shape index (κ3) is 2.50. The Hall–Kier alpha value is 0.0400. The van der Waals surface area contributed by atoms with Crippen LogP contribution in [0.25, 0.3) is 0 Å². The molecule has 4 heteroatoms. The molecule has 1 aromatic rings. The fourth-order valence-electron chi connectivity index (χ4n) is 1.19. The van der Waals surface area contributed by atoms with Crippen molar-refractivity contribution in [2.75, 3.05) is 0 Å². The number of alkyl halides is 1. The van der Waals surface area contributed by atoms with Crippen molar-refractivity contribution in [3.63, 3.8) is 0 Å². The summed E-state index contributed by atoms with van der Waals surface area (Å²) in [6.07, 6.45) is 4.77. The Labute approximate surface area is 91.1 Å². The van der Waals surface area contributed by atoms with Gasteiger partial charge in [-0.15, -0.1) is 0 Å². The van der Waals surface area contributed by atoms with Crippen LogP contribution in [0.1, 0.15) is 42.9 Å². The molecule has 1 aliphatic carbocycles. The largest absolute Gasteiger partial charge is 0.224 e. The quantitative estimate of drug-likeness (QED) is 0.778. The first-order chi connectivity index (χ1) is 6.29. The van der Waals surface area contributed by atoms with E-state index in [4.69, 9.17) is 0 Å². The van der Waals surface area contributed by atoms with Crippen molar-refractivity contribution in [1.82, 2.24) is 9.36 Å². The van der Waals surface area contributed by atoms with Crippen LogP contribution >= 0.6 is 27.5 Å². The highest BCUT2D eigenvalue weighted by Crippen LogP contribution is 2.38. The van der Waals surface area contributed by atoms with E-state index in [0.717, 1.165) is 18.7 Å². The Morgan fingerprint density at radius 2 is 2.38 bits per heavy atom. The van der Waals surface area contributed by atoms with Gasteiger partial charge >= 0.3 is 0 Å². The highest BCUT2D eigenvalue weighted by molar-refractivity contribution is 9.09. The van der Waals surface area contributed by atoms with Gasteiger partial charge in [0, 0.05) is 17.2 Å². The molecule has 0 N–H and O–H groups in total. The van der Waals surface area contributed by atoms with Gasteiger partial charge in [-0.2, -0.15) is 4.37 Å². The van der Waals surface area contributed by atoms with Crippen molar-refractivity contribution in [2.24, 2.45) is 0 Å². The van der Waals surface area contributed by atoms with Crippen LogP contribution in [0, 0.1) is 0 Å². The normalized spacial score (nSPS) is 18.9. The van der Waals surface area contributed by atoms with E-state index in [9.17, 15) is 0 Å². The van der Waals surface area contributed by atoms with Crippen molar-refractivity contribution >= 4 is 27.5 Å². The lowest BCUT2D eigenvalue weighted by Crippen LogP contribution is -1.99. The number of hydrogen-bond donors (Lipinski definition) is 0. The fraction of sp³-hybridized carbons (Fsp3) is 0.778. The molecule has 0 spiro atoms. The zero-order valence-electron chi connectivity index (χ0n) is 7.66. The van der Waals surface area contributed by atoms with Gasteiger partial charge in [0.05, 0.1) is 0 Å². The molecule has 1 aliphatic rings. The summed E-state index contributed by atoms with van der Waals surface area (Å²) in [5, 5.41) is 1.19. The molecule has 0 aromatic carbocycles. The van der Waals surface area contributed by atoms with Crippen molar-refractivity contribution in [2.45, 2.75) is 43.4 Å². The molecule has 0 radical (unpaired) electrons. The van der Waals surface area contributed by atoms with Gasteiger partial charge in [-0.05, 0) is 30.8 Å². The van der Waals surface area contributed by atoms with Gasteiger partial charge in [0.15, 0.2) is 0 Å². The maximum absolute atomic E-state index is 4.54. The molecule has 1 atom stereocenters. The summed E-state index contributed by atoms with van der Waals surface area (Å²) in [5.41, 5.74) is 0. The highest BCUT2D eigenvalue weighted by Gasteiger charge is 2.27. The van der Waals surface area contributed by atoms with Crippen molar-refractivity contribution < 1.29 is 0 Å². The summed E-state index contributed by atoms with van der Waals surface area (Å²) < 4.78 is 4.38. The van der Waals surface area contributed by atoms with Crippen LogP contribution in [0.2, 0.25) is 0 Å². The summed E-state index contributed by atoms with van der Waals surface area (Å²) in [4.78, 5) is 5.10. The molecular formula is C9H13BrN2S. The zero-order chi connectivity index (χ0) is 9.26. The topological polar surface area (TPSA) is 25.8 Å². The van der Waals surface area contributed by atoms with E-state index in [-0.39, 0.29) is 0 Å². The standard InChI is InChI=1S/C9H13BrN2S/c1-2-7(10)5-8-11-9(12-13-8)6-3-4-6/h6-7H,2-5H2,1H3. The van der Waals surface area contributed by atoms with Crippen LogP contribution in [0.4, 0.5) is 0 Å². The van der Waals surface area contributed by atoms with E-state index in [1.165, 1.54) is 17.8 Å². The van der Waals surface area contributed by atoms with E-state index in [2.05, 4.69) is 32.2 Å². The molecule has 0 saturated heterocycles. The SMILES string of the molecule is CCC(Br)Cc1nc(C2CC2)ns1. The number of rotatable bonds is 4. The Morgan fingerprint density at radius 1 is 1.62 bits per heavy atom. The van der Waals surface area contributed by atoms with E-state index in [1.54, 1.807) is 11.5 Å². The minimum atomic E-state index is 0.563. The van der Waals surface area contributed by atoms with E-state index in [0.29, 0.717) is 10.7 Å². The summed E-state index contributed by atoms with van der Waals surface area (Å²) >= 11 is 5.18. The van der Waals surface area contributed by atoms with Crippen LogP contribution in [-0.4, -0.2) is 14.2 Å². The summed E-state index contributed by atoms with van der Waals surface area (Å²) in [6.45, 7) is 2.18. The van der Waals surface area contributed by atoms with Crippen LogP contribution in [0.15, 0.2) is 0 Å². The second-order valence-corrected chi connectivity index (χ2v) is 5.66. The van der Waals surface area contributed by atoms with E-state index in [1.807, 2.05) is 0 Å². The minimum Gasteiger partial charge on any atom is -0.224 e. The lowest BCUT2D eigenvalue weighted by molar-refractivity contribution is 0.815. The highest BCUT2D eigenvalue weighted by atomic mass is 79.9. The van der Waals surface area contributed by atoms with Crippen molar-refractivity contribution in [1.29, 1.82) is 0 Å². The van der Waals surface area contributed by atoms with Gasteiger partial charge < -0.3 is 0 Å². The van der Waals surface area contributed by atoms with Crippen LogP contribution in [0.5, 0.6) is 0 Å². The smallest absolute Gasteiger partial charge is 0.145 e. The number of nitrogens with zero attached hydrogens (tertiary/aromatic N) is 2. The predicted octanol–water partition coefficient (Wildman–Crippen LogP) is 3.13. The maximum atomic E-state index is 4.54. The first-order valence-electron chi connectivity index (χ1n) is 4.76. The van der Waals surface area contributed by atoms with Crippen LogP contribution < -0.4 is 0 Å². The zero-order valence-corrected chi connectivity index (χ0v) is 10.1. The minimum absolute atomic E-state index is 0.563. The van der Waals surface area contributed by atoms with Gasteiger partial charge in [-0.1, -0.05) is 22.9 Å². The molecule has 1 unspecified atom stereocenters. The van der Waals surface area contributed by atoms with E-state index < -0.39 is 0 Å². The molecule has 1 saturated carbocycles. The molecule has 1 heterocycles. The second-order valence-electron chi connectivity index (χ2n) is 3.53. The van der Waals surface area contributed by atoms with Crippen LogP contribution in [-0.2, 0) is 6.42 Å². The summed E-state index contributed by atoms with van der Waals surface area (Å²) in [6, 6.07) is 0. The summed E-state index contributed by atoms with van der Waals surface area (Å²) in [5.74, 6) is 1.79. The molecule has 2 nitrogen and oxygen atoms in total. The van der Waals surface area contributed by atoms with Crippen molar-refractivity contribution in [3.05, 3.63) is 10.8 Å². The number of halogens is 1. The molecule has 13 heavy (non-hydrogen) atoms. The lowest BCUT2D eigenvalue weighted by Gasteiger charge is -2.00. The van der Waals surface area contributed by atoms with Gasteiger partial charge in [0.1, 0.15) is 10.8 Å². The van der Waals surface area contributed by atoms with Crippen molar-refractivity contribution in [3.8, 4) is 0 Å². The Bertz CT molecular complexity index is 283. The molecule has 0 bridgehead atoms. The van der Waals surface area contributed by atoms with Gasteiger partial charge in [-0.25, -0.2) is 4.98 Å². The Kier molecular flexibility index (Phi) is 2.99. The maximum Gasteiger partial charge on any atom is 0.145 e. The lowest BCUT2D eigenvalue weighted by atomic mass is 10.2. The third-order valence-electron chi connectivity index (χ3n) is 2.27. The monoisotopic (exact) mass is 260 g/mol. The Balaban J connectivity index is 1.96. The van der Waals surface area contributed by atoms with Gasteiger partial charge in [-0.3, -0.25) is 0 Å². The average molecular weight is 261 g/mol. The first-order valence-corrected chi connectivity index (χ1v) is 6.45. The summed E-state index contributed by atoms with van der Waals surface area (Å²) in [7, 11) is 0. The molecular weight excluding hydrogens is 248 g/mol. The molecule has 72 valence electrons.